The predicted octanol–water partition coefficient (Wildman–Crippen LogP) is 3.42. The maximum Gasteiger partial charge on any atom is 0.321 e. The fourth-order valence-corrected chi connectivity index (χ4v) is 2.62. The van der Waals surface area contributed by atoms with Crippen molar-refractivity contribution in [3.8, 4) is 17.1 Å². The molecule has 2 aromatic heterocycles. The first-order valence-corrected chi connectivity index (χ1v) is 8.07. The molecule has 7 nitrogen and oxygen atoms in total. The van der Waals surface area contributed by atoms with Crippen molar-refractivity contribution in [3.05, 3.63) is 54.1 Å². The fourth-order valence-electron chi connectivity index (χ4n) is 2.62. The summed E-state index contributed by atoms with van der Waals surface area (Å²) in [5.74, 6) is 1.67. The normalized spacial score (nSPS) is 11.0. The number of aromatic amines is 1. The lowest BCUT2D eigenvalue weighted by Gasteiger charge is -2.00. The topological polar surface area (TPSA) is 88.9 Å². The van der Waals surface area contributed by atoms with Gasteiger partial charge >= 0.3 is 6.01 Å². The molecule has 4 rings (SSSR count). The molecule has 2 aromatic carbocycles. The average Bonchev–Trinajstić information content (AvgIpc) is 3.28. The highest BCUT2D eigenvalue weighted by atomic mass is 19.1. The van der Waals surface area contributed by atoms with Gasteiger partial charge in [0.25, 0.3) is 0 Å². The first-order chi connectivity index (χ1) is 12.7. The predicted molar refractivity (Wildman–Crippen MR) is 94.5 cm³/mol. The molecule has 0 saturated heterocycles. The van der Waals surface area contributed by atoms with Crippen LogP contribution < -0.4 is 10.1 Å². The Labute approximate surface area is 148 Å². The summed E-state index contributed by atoms with van der Waals surface area (Å²) >= 11 is 0. The number of aromatic nitrogens is 4. The Morgan fingerprint density at radius 2 is 2.12 bits per heavy atom. The number of imidazole rings is 1. The lowest BCUT2D eigenvalue weighted by Crippen LogP contribution is -2.06. The lowest BCUT2D eigenvalue weighted by atomic mass is 10.2. The summed E-state index contributed by atoms with van der Waals surface area (Å²) in [5, 5.41) is 7.02. The van der Waals surface area contributed by atoms with Crippen molar-refractivity contribution in [2.24, 2.45) is 0 Å². The van der Waals surface area contributed by atoms with E-state index in [0.717, 1.165) is 22.7 Å². The van der Waals surface area contributed by atoms with Gasteiger partial charge in [0.05, 0.1) is 18.1 Å². The van der Waals surface area contributed by atoms with Gasteiger partial charge in [-0.1, -0.05) is 17.3 Å². The van der Waals surface area contributed by atoms with Gasteiger partial charge in [-0.05, 0) is 30.3 Å². The number of hydrogen-bond acceptors (Lipinski definition) is 6. The molecule has 0 fully saturated rings. The van der Waals surface area contributed by atoms with Crippen LogP contribution in [0.3, 0.4) is 0 Å². The highest BCUT2D eigenvalue weighted by Crippen LogP contribution is 2.22. The summed E-state index contributed by atoms with van der Waals surface area (Å²) in [7, 11) is 1.61. The highest BCUT2D eigenvalue weighted by molar-refractivity contribution is 5.74. The van der Waals surface area contributed by atoms with Gasteiger partial charge in [-0.25, -0.2) is 9.37 Å². The Bertz CT molecular complexity index is 1040. The summed E-state index contributed by atoms with van der Waals surface area (Å²) in [6.07, 6.45) is 0.604. The van der Waals surface area contributed by atoms with Gasteiger partial charge < -0.3 is 19.6 Å². The third-order valence-corrected chi connectivity index (χ3v) is 3.88. The third-order valence-electron chi connectivity index (χ3n) is 3.88. The van der Waals surface area contributed by atoms with Gasteiger partial charge in [0.1, 0.15) is 17.4 Å². The molecular weight excluding hydrogens is 337 g/mol. The van der Waals surface area contributed by atoms with Crippen LogP contribution in [0.5, 0.6) is 5.75 Å². The van der Waals surface area contributed by atoms with E-state index in [2.05, 4.69) is 25.4 Å². The number of nitrogens with one attached hydrogen (secondary N) is 2. The SMILES string of the molecule is COc1cccc(-c2noc(NCCc3nc4ccc(F)cc4[nH]3)n2)c1. The number of nitrogens with zero attached hydrogens (tertiary/aromatic N) is 3. The zero-order valence-corrected chi connectivity index (χ0v) is 14.0. The van der Waals surface area contributed by atoms with E-state index in [1.54, 1.807) is 13.2 Å². The maximum atomic E-state index is 13.2. The van der Waals surface area contributed by atoms with Crippen molar-refractivity contribution in [2.45, 2.75) is 6.42 Å². The number of anilines is 1. The van der Waals surface area contributed by atoms with Gasteiger partial charge in [0.2, 0.25) is 5.82 Å². The van der Waals surface area contributed by atoms with E-state index >= 15 is 0 Å². The van der Waals surface area contributed by atoms with E-state index in [0.29, 0.717) is 30.3 Å². The van der Waals surface area contributed by atoms with E-state index in [9.17, 15) is 4.39 Å². The molecule has 8 heteroatoms. The molecule has 0 spiro atoms. The average molecular weight is 353 g/mol. The Morgan fingerprint density at radius 1 is 1.19 bits per heavy atom. The second kappa shape index (κ2) is 6.83. The third kappa shape index (κ3) is 3.34. The molecule has 0 unspecified atom stereocenters. The number of H-pyrrole nitrogens is 1. The molecule has 0 amide bonds. The number of fused-ring (bicyclic) bond motifs is 1. The van der Waals surface area contributed by atoms with Crippen molar-refractivity contribution < 1.29 is 13.7 Å². The van der Waals surface area contributed by atoms with Crippen molar-refractivity contribution in [3.63, 3.8) is 0 Å². The van der Waals surface area contributed by atoms with Crippen LogP contribution in [0.15, 0.2) is 47.0 Å². The Kier molecular flexibility index (Phi) is 4.22. The molecule has 2 heterocycles. The van der Waals surface area contributed by atoms with Crippen LogP contribution in [-0.4, -0.2) is 33.8 Å². The summed E-state index contributed by atoms with van der Waals surface area (Å²) < 4.78 is 23.6. The fraction of sp³-hybridized carbons (Fsp3) is 0.167. The monoisotopic (exact) mass is 353 g/mol. The molecule has 0 aliphatic rings. The molecule has 4 aromatic rings. The van der Waals surface area contributed by atoms with E-state index in [1.165, 1.54) is 12.1 Å². The quantitative estimate of drug-likeness (QED) is 0.552. The van der Waals surface area contributed by atoms with Crippen LogP contribution in [0, 0.1) is 5.82 Å². The lowest BCUT2D eigenvalue weighted by molar-refractivity contribution is 0.414. The van der Waals surface area contributed by atoms with Crippen LogP contribution in [0.2, 0.25) is 0 Å². The first kappa shape index (κ1) is 16.1. The first-order valence-electron chi connectivity index (χ1n) is 8.07. The van der Waals surface area contributed by atoms with E-state index < -0.39 is 0 Å². The molecule has 0 aliphatic carbocycles. The Balaban J connectivity index is 1.39. The highest BCUT2D eigenvalue weighted by Gasteiger charge is 2.10. The number of methoxy groups -OCH3 is 1. The van der Waals surface area contributed by atoms with E-state index in [-0.39, 0.29) is 5.82 Å². The van der Waals surface area contributed by atoms with Crippen LogP contribution in [-0.2, 0) is 6.42 Å². The summed E-state index contributed by atoms with van der Waals surface area (Å²) in [4.78, 5) is 11.8. The number of benzene rings is 2. The minimum absolute atomic E-state index is 0.290. The van der Waals surface area contributed by atoms with E-state index in [4.69, 9.17) is 9.26 Å². The van der Waals surface area contributed by atoms with Crippen LogP contribution in [0.25, 0.3) is 22.4 Å². The molecule has 0 bridgehead atoms. The summed E-state index contributed by atoms with van der Waals surface area (Å²) in [6, 6.07) is 12.2. The number of hydrogen-bond donors (Lipinski definition) is 2. The van der Waals surface area contributed by atoms with Crippen molar-refractivity contribution in [1.29, 1.82) is 0 Å². The zero-order chi connectivity index (χ0) is 17.9. The second-order valence-electron chi connectivity index (χ2n) is 5.68. The van der Waals surface area contributed by atoms with Crippen LogP contribution in [0.4, 0.5) is 10.4 Å². The van der Waals surface area contributed by atoms with Gasteiger partial charge in [-0.15, -0.1) is 0 Å². The van der Waals surface area contributed by atoms with Gasteiger partial charge in [-0.2, -0.15) is 4.98 Å². The van der Waals surface area contributed by atoms with Crippen molar-refractivity contribution in [1.82, 2.24) is 20.1 Å². The number of ether oxygens (including phenoxy) is 1. The van der Waals surface area contributed by atoms with Crippen LogP contribution in [0.1, 0.15) is 5.82 Å². The smallest absolute Gasteiger partial charge is 0.321 e. The zero-order valence-electron chi connectivity index (χ0n) is 14.0. The standard InChI is InChI=1S/C18H16FN5O2/c1-25-13-4-2-3-11(9-13)17-23-18(26-24-17)20-8-7-16-21-14-6-5-12(19)10-15(14)22-16/h2-6,9-10H,7-8H2,1H3,(H,21,22)(H,20,23,24). The molecule has 0 aliphatic heterocycles. The van der Waals surface area contributed by atoms with Crippen molar-refractivity contribution >= 4 is 17.0 Å². The number of halogens is 1. The minimum atomic E-state index is -0.290. The van der Waals surface area contributed by atoms with Gasteiger partial charge in [0, 0.05) is 18.5 Å². The summed E-state index contributed by atoms with van der Waals surface area (Å²) in [5.41, 5.74) is 2.22. The molecule has 0 saturated carbocycles. The van der Waals surface area contributed by atoms with E-state index in [1.807, 2.05) is 24.3 Å². The van der Waals surface area contributed by atoms with Gasteiger partial charge in [0.15, 0.2) is 0 Å². The second-order valence-corrected chi connectivity index (χ2v) is 5.68. The molecule has 2 N–H and O–H groups in total. The van der Waals surface area contributed by atoms with Gasteiger partial charge in [-0.3, -0.25) is 0 Å². The molecular formula is C18H16FN5O2. The maximum absolute atomic E-state index is 13.2. The molecule has 26 heavy (non-hydrogen) atoms. The molecule has 0 radical (unpaired) electrons. The van der Waals surface area contributed by atoms with Crippen LogP contribution >= 0.6 is 0 Å². The molecule has 132 valence electrons. The largest absolute Gasteiger partial charge is 0.497 e. The number of rotatable bonds is 6. The minimum Gasteiger partial charge on any atom is -0.497 e. The molecule has 0 atom stereocenters. The Hall–Kier alpha value is -3.42. The van der Waals surface area contributed by atoms with Crippen molar-refractivity contribution in [2.75, 3.05) is 19.0 Å². The summed E-state index contributed by atoms with van der Waals surface area (Å²) in [6.45, 7) is 0.544. The Morgan fingerprint density at radius 3 is 3.00 bits per heavy atom.